The predicted octanol–water partition coefficient (Wildman–Crippen LogP) is 3.30. The Balaban J connectivity index is 2.90. The summed E-state index contributed by atoms with van der Waals surface area (Å²) in [5, 5.41) is 3.30. The second-order valence-corrected chi connectivity index (χ2v) is 9.25. The molecule has 1 aromatic rings. The van der Waals surface area contributed by atoms with Crippen LogP contribution >= 0.6 is 11.3 Å². The van der Waals surface area contributed by atoms with Crippen LogP contribution in [0.4, 0.5) is 0 Å². The van der Waals surface area contributed by atoms with Crippen molar-refractivity contribution in [1.29, 1.82) is 0 Å². The van der Waals surface area contributed by atoms with E-state index in [1.165, 1.54) is 11.3 Å². The lowest BCUT2D eigenvalue weighted by atomic mass is 10.2. The zero-order valence-corrected chi connectivity index (χ0v) is 15.4. The first-order valence-corrected chi connectivity index (χ1v) is 9.86. The fourth-order valence-corrected chi connectivity index (χ4v) is 5.30. The zero-order chi connectivity index (χ0) is 16.0. The summed E-state index contributed by atoms with van der Waals surface area (Å²) in [6.07, 6.45) is 1.08. The quantitative estimate of drug-likeness (QED) is 0.706. The zero-order valence-electron chi connectivity index (χ0n) is 13.7. The first-order chi connectivity index (χ1) is 9.78. The number of thiophene rings is 1. The topological polar surface area (TPSA) is 49.4 Å². The van der Waals surface area contributed by atoms with Gasteiger partial charge in [-0.15, -0.1) is 11.3 Å². The summed E-state index contributed by atoms with van der Waals surface area (Å²) in [6, 6.07) is 3.62. The van der Waals surface area contributed by atoms with E-state index in [-0.39, 0.29) is 6.04 Å². The van der Waals surface area contributed by atoms with Crippen LogP contribution in [0, 0.1) is 5.92 Å². The van der Waals surface area contributed by atoms with E-state index in [0.29, 0.717) is 16.7 Å². The molecule has 21 heavy (non-hydrogen) atoms. The van der Waals surface area contributed by atoms with Crippen molar-refractivity contribution in [1.82, 2.24) is 9.62 Å². The first kappa shape index (κ1) is 18.6. The Morgan fingerprint density at radius 3 is 2.43 bits per heavy atom. The van der Waals surface area contributed by atoms with Crippen molar-refractivity contribution < 1.29 is 8.42 Å². The van der Waals surface area contributed by atoms with Crippen LogP contribution < -0.4 is 5.32 Å². The summed E-state index contributed by atoms with van der Waals surface area (Å²) >= 11 is 1.37. The summed E-state index contributed by atoms with van der Waals surface area (Å²) in [5.41, 5.74) is 0. The molecule has 0 spiro atoms. The molecule has 4 nitrogen and oxygen atoms in total. The summed E-state index contributed by atoms with van der Waals surface area (Å²) in [5.74, 6) is 0.313. The summed E-state index contributed by atoms with van der Waals surface area (Å²) in [4.78, 5) is 1.07. The van der Waals surface area contributed by atoms with Gasteiger partial charge < -0.3 is 5.32 Å². The molecule has 0 atom stereocenters. The molecule has 0 fully saturated rings. The van der Waals surface area contributed by atoms with Crippen LogP contribution in [-0.4, -0.2) is 31.9 Å². The van der Waals surface area contributed by atoms with Crippen LogP contribution in [0.3, 0.4) is 0 Å². The molecule has 122 valence electrons. The molecule has 0 radical (unpaired) electrons. The first-order valence-electron chi connectivity index (χ1n) is 7.60. The van der Waals surface area contributed by atoms with Gasteiger partial charge in [0.2, 0.25) is 0 Å². The molecule has 0 aliphatic rings. The maximum atomic E-state index is 12.8. The Morgan fingerprint density at radius 2 is 1.90 bits per heavy atom. The molecular formula is C15H28N2O2S2. The van der Waals surface area contributed by atoms with Crippen molar-refractivity contribution >= 4 is 21.4 Å². The Kier molecular flexibility index (Phi) is 7.33. The van der Waals surface area contributed by atoms with E-state index in [1.54, 1.807) is 10.4 Å². The monoisotopic (exact) mass is 332 g/mol. The van der Waals surface area contributed by atoms with E-state index in [1.807, 2.05) is 33.8 Å². The lowest BCUT2D eigenvalue weighted by Gasteiger charge is -2.26. The number of nitrogens with zero attached hydrogens (tertiary/aromatic N) is 1. The molecule has 1 heterocycles. The van der Waals surface area contributed by atoms with Gasteiger partial charge in [0.15, 0.2) is 0 Å². The van der Waals surface area contributed by atoms with Gasteiger partial charge >= 0.3 is 0 Å². The highest BCUT2D eigenvalue weighted by Crippen LogP contribution is 2.26. The summed E-state index contributed by atoms with van der Waals surface area (Å²) < 4.78 is 27.6. The van der Waals surface area contributed by atoms with Crippen LogP contribution in [0.25, 0.3) is 0 Å². The second kappa shape index (κ2) is 8.27. The molecule has 0 saturated carbocycles. The molecule has 0 aromatic carbocycles. The van der Waals surface area contributed by atoms with E-state index in [0.717, 1.165) is 24.4 Å². The van der Waals surface area contributed by atoms with Crippen molar-refractivity contribution in [3.63, 3.8) is 0 Å². The van der Waals surface area contributed by atoms with Crippen molar-refractivity contribution in [3.8, 4) is 0 Å². The Morgan fingerprint density at radius 1 is 1.24 bits per heavy atom. The average Bonchev–Trinajstić information content (AvgIpc) is 2.85. The SMILES string of the molecule is CCCNCc1ccc(S(=O)(=O)N(CC(C)C)C(C)C)s1. The van der Waals surface area contributed by atoms with E-state index in [9.17, 15) is 8.42 Å². The highest BCUT2D eigenvalue weighted by molar-refractivity contribution is 7.91. The van der Waals surface area contributed by atoms with Gasteiger partial charge in [-0.25, -0.2) is 8.42 Å². The van der Waals surface area contributed by atoms with Crippen LogP contribution in [0.5, 0.6) is 0 Å². The maximum absolute atomic E-state index is 12.8. The van der Waals surface area contributed by atoms with E-state index >= 15 is 0 Å². The minimum atomic E-state index is -3.38. The van der Waals surface area contributed by atoms with Gasteiger partial charge in [-0.05, 0) is 44.9 Å². The van der Waals surface area contributed by atoms with Gasteiger partial charge in [0.1, 0.15) is 4.21 Å². The molecule has 0 saturated heterocycles. The van der Waals surface area contributed by atoms with Gasteiger partial charge in [-0.1, -0.05) is 20.8 Å². The van der Waals surface area contributed by atoms with Gasteiger partial charge in [0, 0.05) is 24.0 Å². The second-order valence-electron chi connectivity index (χ2n) is 5.96. The lowest BCUT2D eigenvalue weighted by Crippen LogP contribution is -2.39. The number of hydrogen-bond acceptors (Lipinski definition) is 4. The predicted molar refractivity (Wildman–Crippen MR) is 90.2 cm³/mol. The van der Waals surface area contributed by atoms with Crippen molar-refractivity contribution in [2.45, 2.75) is 57.8 Å². The van der Waals surface area contributed by atoms with Crippen LogP contribution in [0.2, 0.25) is 0 Å². The molecule has 6 heteroatoms. The molecule has 1 N–H and O–H groups in total. The van der Waals surface area contributed by atoms with Crippen molar-refractivity contribution in [3.05, 3.63) is 17.0 Å². The van der Waals surface area contributed by atoms with Gasteiger partial charge in [-0.3, -0.25) is 0 Å². The third-order valence-electron chi connectivity index (χ3n) is 3.05. The number of rotatable bonds is 9. The van der Waals surface area contributed by atoms with E-state index in [4.69, 9.17) is 0 Å². The Hall–Kier alpha value is -0.430. The summed E-state index contributed by atoms with van der Waals surface area (Å²) in [7, 11) is -3.38. The minimum Gasteiger partial charge on any atom is -0.312 e. The lowest BCUT2D eigenvalue weighted by molar-refractivity contribution is 0.319. The standard InChI is InChI=1S/C15H28N2O2S2/c1-6-9-16-10-14-7-8-15(20-14)21(18,19)17(13(4)5)11-12(2)3/h7-8,12-13,16H,6,9-11H2,1-5H3. The molecule has 1 aromatic heterocycles. The van der Waals surface area contributed by atoms with Crippen LogP contribution in [-0.2, 0) is 16.6 Å². The van der Waals surface area contributed by atoms with Gasteiger partial charge in [0.05, 0.1) is 0 Å². The number of nitrogens with one attached hydrogen (secondary N) is 1. The largest absolute Gasteiger partial charge is 0.312 e. The van der Waals surface area contributed by atoms with Gasteiger partial charge in [0.25, 0.3) is 10.0 Å². The molecule has 1 rings (SSSR count). The number of hydrogen-bond donors (Lipinski definition) is 1. The fourth-order valence-electron chi connectivity index (χ4n) is 2.04. The van der Waals surface area contributed by atoms with Crippen molar-refractivity contribution in [2.75, 3.05) is 13.1 Å². The summed E-state index contributed by atoms with van der Waals surface area (Å²) in [6.45, 7) is 12.3. The Labute approximate surface area is 133 Å². The van der Waals surface area contributed by atoms with Gasteiger partial charge in [-0.2, -0.15) is 4.31 Å². The normalized spacial score (nSPS) is 12.8. The minimum absolute atomic E-state index is 0.0267. The third kappa shape index (κ3) is 5.36. The molecule has 0 unspecified atom stereocenters. The fraction of sp³-hybridized carbons (Fsp3) is 0.733. The third-order valence-corrected chi connectivity index (χ3v) is 6.64. The van der Waals surface area contributed by atoms with Crippen molar-refractivity contribution in [2.24, 2.45) is 5.92 Å². The molecule has 0 bridgehead atoms. The van der Waals surface area contributed by atoms with Crippen LogP contribution in [0.1, 0.15) is 45.9 Å². The molecule has 0 aliphatic carbocycles. The molecule has 0 amide bonds. The highest BCUT2D eigenvalue weighted by Gasteiger charge is 2.28. The molecular weight excluding hydrogens is 304 g/mol. The number of sulfonamides is 1. The Bertz CT molecular complexity index is 522. The van der Waals surface area contributed by atoms with Crippen LogP contribution in [0.15, 0.2) is 16.3 Å². The average molecular weight is 333 g/mol. The smallest absolute Gasteiger partial charge is 0.252 e. The van der Waals surface area contributed by atoms with E-state index < -0.39 is 10.0 Å². The maximum Gasteiger partial charge on any atom is 0.252 e. The highest BCUT2D eigenvalue weighted by atomic mass is 32.2. The van der Waals surface area contributed by atoms with E-state index in [2.05, 4.69) is 12.2 Å². The molecule has 0 aliphatic heterocycles.